The molecule has 1 aromatic rings. The molecule has 0 amide bonds. The third kappa shape index (κ3) is 1.82. The zero-order valence-electron chi connectivity index (χ0n) is 19.3. The summed E-state index contributed by atoms with van der Waals surface area (Å²) in [6.07, 6.45) is -3.30. The van der Waals surface area contributed by atoms with Gasteiger partial charge < -0.3 is 14.8 Å². The van der Waals surface area contributed by atoms with Crippen molar-refractivity contribution in [1.82, 2.24) is 5.31 Å². The lowest BCUT2D eigenvalue weighted by Gasteiger charge is -2.09. The van der Waals surface area contributed by atoms with Crippen LogP contribution in [0, 0.1) is 0 Å². The van der Waals surface area contributed by atoms with E-state index in [-0.39, 0.29) is 5.31 Å². The first-order valence-corrected chi connectivity index (χ1v) is 3.74. The van der Waals surface area contributed by atoms with Gasteiger partial charge in [-0.15, -0.1) is 0 Å². The molecule has 0 bridgehead atoms. The highest BCUT2D eigenvalue weighted by Gasteiger charge is 2.13. The second kappa shape index (κ2) is 3.88. The number of rotatable bonds is 3. The Morgan fingerprint density at radius 1 is 1.86 bits per heavy atom. The van der Waals surface area contributed by atoms with Gasteiger partial charge in [0.15, 0.2) is 11.5 Å². The molecule has 1 aliphatic rings. The van der Waals surface area contributed by atoms with E-state index in [0.29, 0.717) is 0 Å². The maximum atomic E-state index is 8.19. The van der Waals surface area contributed by atoms with Gasteiger partial charge in [0.2, 0.25) is 6.75 Å². The molecule has 1 unspecified atom stereocenters. The van der Waals surface area contributed by atoms with Gasteiger partial charge in [-0.25, -0.2) is 0 Å². The van der Waals surface area contributed by atoms with Gasteiger partial charge in [0.05, 0.1) is 4.11 Å². The third-order valence-electron chi connectivity index (χ3n) is 1.50. The average Bonchev–Trinajstić information content (AvgIpc) is 2.78. The summed E-state index contributed by atoms with van der Waals surface area (Å²) in [5.41, 5.74) is -0.979. The van der Waals surface area contributed by atoms with Crippen molar-refractivity contribution in [1.29, 1.82) is 0 Å². The fourth-order valence-corrected chi connectivity index (χ4v) is 0.862. The van der Waals surface area contributed by atoms with Crippen molar-refractivity contribution in [3.63, 3.8) is 0 Å². The van der Waals surface area contributed by atoms with Gasteiger partial charge in [0.1, 0.15) is 4.15 Å². The number of nitrogens with one attached hydrogen (secondary N) is 1. The number of ether oxygens (including phenoxy) is 2. The minimum absolute atomic E-state index is 0.0619. The van der Waals surface area contributed by atoms with E-state index in [0.717, 1.165) is 7.05 Å². The highest BCUT2D eigenvalue weighted by atomic mass is 16.7. The van der Waals surface area contributed by atoms with E-state index in [1.54, 1.807) is 0 Å². The molecule has 1 N–H and O–H groups in total. The second-order valence-corrected chi connectivity index (χ2v) is 2.39. The molecule has 1 heterocycles. The third-order valence-corrected chi connectivity index (χ3v) is 1.50. The van der Waals surface area contributed by atoms with Crippen molar-refractivity contribution in [2.75, 3.05) is 13.8 Å². The summed E-state index contributed by atoms with van der Waals surface area (Å²) in [4.78, 5) is 0. The molecule has 1 aliphatic heterocycles. The fourth-order valence-electron chi connectivity index (χ4n) is 0.862. The van der Waals surface area contributed by atoms with Crippen LogP contribution in [0.1, 0.15) is 27.5 Å². The minimum Gasteiger partial charge on any atom is -0.454 e. The van der Waals surface area contributed by atoms with Crippen molar-refractivity contribution < 1.29 is 26.0 Å². The quantitative estimate of drug-likeness (QED) is 0.812. The van der Waals surface area contributed by atoms with E-state index in [4.69, 9.17) is 26.0 Å². The Labute approximate surface area is 101 Å². The normalized spacial score (nSPS) is 36.1. The van der Waals surface area contributed by atoms with Crippen molar-refractivity contribution in [3.05, 3.63) is 23.7 Å². The van der Waals surface area contributed by atoms with E-state index in [1.165, 1.54) is 0 Å². The van der Waals surface area contributed by atoms with Crippen LogP contribution in [0.15, 0.2) is 18.1 Å². The van der Waals surface area contributed by atoms with Crippen LogP contribution >= 0.6 is 0 Å². The zero-order valence-corrected chi connectivity index (χ0v) is 7.26. The average molecular weight is 205 g/mol. The fraction of sp³-hybridized carbons (Fsp3) is 0.455. The van der Waals surface area contributed by atoms with E-state index in [9.17, 15) is 0 Å². The van der Waals surface area contributed by atoms with Crippen LogP contribution in [0.2, 0.25) is 1.41 Å². The van der Waals surface area contributed by atoms with E-state index >= 15 is 0 Å². The molecule has 2 rings (SSSR count). The summed E-state index contributed by atoms with van der Waals surface area (Å²) >= 11 is 0. The van der Waals surface area contributed by atoms with E-state index in [2.05, 4.69) is 0 Å². The van der Waals surface area contributed by atoms with Crippen molar-refractivity contribution in [2.45, 2.75) is 19.2 Å². The Bertz CT molecular complexity index is 746. The number of hydrogen-bond acceptors (Lipinski definition) is 3. The van der Waals surface area contributed by atoms with Crippen LogP contribution in [0.25, 0.3) is 0 Å². The lowest BCUT2D eigenvalue weighted by Crippen LogP contribution is -2.23. The molecule has 0 saturated carbocycles. The standard InChI is InChI=1S/C11H15NO2/c1-8(12-2)5-9-3-4-10-11(6-9)14-7-13-10/h3-4,6,8,12H,5,7H2,1-2H3/i1D3,3D,4D,5D2,6D,7D2,8D/hD. The second-order valence-electron chi connectivity index (χ2n) is 2.39. The molecule has 0 saturated heterocycles. The summed E-state index contributed by atoms with van der Waals surface area (Å²) in [6.45, 7) is -6.11. The molecular formula is C11H15NO2. The molecule has 1 atom stereocenters. The lowest BCUT2D eigenvalue weighted by atomic mass is 10.1. The Hall–Kier alpha value is -1.22. The van der Waals surface area contributed by atoms with Gasteiger partial charge in [0, 0.05) is 14.2 Å². The molecule has 0 aliphatic carbocycles. The molecule has 1 aromatic carbocycles. The summed E-state index contributed by atoms with van der Waals surface area (Å²) in [6, 6.07) is -5.93. The van der Waals surface area contributed by atoms with Gasteiger partial charge >= 0.3 is 0 Å². The molecule has 0 aromatic heterocycles. The maximum Gasteiger partial charge on any atom is 0.231 e. The predicted molar refractivity (Wildman–Crippen MR) is 54.8 cm³/mol. The first kappa shape index (κ1) is 2.67. The number of fused-ring (bicyclic) bond motifs is 1. The molecule has 0 fully saturated rings. The van der Waals surface area contributed by atoms with Crippen LogP contribution < -0.4 is 14.8 Å². The predicted octanol–water partition coefficient (Wildman–Crippen LogP) is 1.57. The number of hydrogen-bond donors (Lipinski definition) is 1. The van der Waals surface area contributed by atoms with Crippen molar-refractivity contribution in [2.24, 2.45) is 0 Å². The van der Waals surface area contributed by atoms with Crippen LogP contribution in [0.3, 0.4) is 0 Å². The molecule has 3 nitrogen and oxygen atoms in total. The highest BCUT2D eigenvalue weighted by Crippen LogP contribution is 2.32. The van der Waals surface area contributed by atoms with Gasteiger partial charge in [-0.05, 0) is 37.9 Å². The van der Waals surface area contributed by atoms with E-state index < -0.39 is 61.2 Å². The van der Waals surface area contributed by atoms with Gasteiger partial charge in [-0.2, -0.15) is 0 Å². The molecular weight excluding hydrogens is 178 g/mol. The Balaban J connectivity index is 2.83. The van der Waals surface area contributed by atoms with Crippen LogP contribution in [-0.2, 0) is 6.37 Å². The summed E-state index contributed by atoms with van der Waals surface area (Å²) in [5.74, 6) is -1.26. The lowest BCUT2D eigenvalue weighted by molar-refractivity contribution is 0.174. The molecule has 0 spiro atoms. The summed E-state index contributed by atoms with van der Waals surface area (Å²) in [5, 5.41) is 0.0619. The molecule has 0 radical (unpaired) electrons. The SMILES string of the molecule is [2H]c1c([2H])c(C([2H])([2H])C([2H])(N([2H])C)C([2H])([2H])[2H])c([2H])c2c1OC([2H])([2H])O2. The Kier molecular flexibility index (Phi) is 0.740. The maximum absolute atomic E-state index is 8.19. The van der Waals surface area contributed by atoms with Gasteiger partial charge in [0.25, 0.3) is 0 Å². The van der Waals surface area contributed by atoms with Crippen molar-refractivity contribution >= 4 is 0 Å². The Morgan fingerprint density at radius 3 is 3.50 bits per heavy atom. The summed E-state index contributed by atoms with van der Waals surface area (Å²) in [7, 11) is 0.845. The first-order valence-electron chi connectivity index (χ1n) is 9.68. The van der Waals surface area contributed by atoms with Crippen LogP contribution in [0.5, 0.6) is 11.5 Å². The molecule has 3 heteroatoms. The topological polar surface area (TPSA) is 30.5 Å². The zero-order chi connectivity index (χ0) is 20.5. The minimum atomic E-state index is -3.36. The first-order chi connectivity index (χ1) is 11.5. The highest BCUT2D eigenvalue weighted by molar-refractivity contribution is 5.44. The largest absolute Gasteiger partial charge is 0.454 e. The smallest absolute Gasteiger partial charge is 0.231 e. The number of benzene rings is 1. The Morgan fingerprint density at radius 2 is 2.71 bits per heavy atom. The summed E-state index contributed by atoms with van der Waals surface area (Å²) < 4.78 is 103. The van der Waals surface area contributed by atoms with Crippen molar-refractivity contribution in [3.8, 4) is 11.5 Å². The van der Waals surface area contributed by atoms with Gasteiger partial charge in [-0.1, -0.05) is 6.04 Å². The van der Waals surface area contributed by atoms with Crippen LogP contribution in [0.4, 0.5) is 0 Å². The van der Waals surface area contributed by atoms with Gasteiger partial charge in [-0.3, -0.25) is 0 Å². The monoisotopic (exact) mass is 205 g/mol. The molecule has 76 valence electrons. The molecule has 14 heavy (non-hydrogen) atoms. The van der Waals surface area contributed by atoms with E-state index in [1.807, 2.05) is 0 Å². The van der Waals surface area contributed by atoms with Crippen LogP contribution in [-0.4, -0.2) is 19.8 Å². The number of likely N-dealkylation sites (N-methyl/N-ethyl adjacent to an activating group) is 1.